The van der Waals surface area contributed by atoms with Crippen LogP contribution in [0.5, 0.6) is 5.75 Å². The van der Waals surface area contributed by atoms with E-state index < -0.39 is 0 Å². The van der Waals surface area contributed by atoms with Crippen molar-refractivity contribution in [2.75, 3.05) is 5.32 Å². The van der Waals surface area contributed by atoms with Crippen LogP contribution in [0.15, 0.2) is 43.2 Å². The average molecular weight is 321 g/mol. The number of aryl methyl sites for hydroxylation is 1. The number of aromatic nitrogens is 4. The van der Waals surface area contributed by atoms with Gasteiger partial charge in [0.05, 0.1) is 0 Å². The third-order valence-electron chi connectivity index (χ3n) is 4.49. The number of imidazole rings is 1. The number of aromatic hydroxyl groups is 1. The van der Waals surface area contributed by atoms with Crippen molar-refractivity contribution >= 4 is 5.82 Å². The zero-order chi connectivity index (χ0) is 16.4. The fraction of sp³-hybridized carbons (Fsp3) is 0.278. The van der Waals surface area contributed by atoms with Gasteiger partial charge in [-0.15, -0.1) is 0 Å². The summed E-state index contributed by atoms with van der Waals surface area (Å²) in [5.74, 6) is 1.83. The van der Waals surface area contributed by atoms with Crippen LogP contribution in [0.3, 0.4) is 0 Å². The van der Waals surface area contributed by atoms with E-state index in [1.807, 2.05) is 16.8 Å². The summed E-state index contributed by atoms with van der Waals surface area (Å²) in [6.07, 6.45) is 11.3. The lowest BCUT2D eigenvalue weighted by Crippen LogP contribution is -2.10. The molecule has 4 rings (SSSR count). The summed E-state index contributed by atoms with van der Waals surface area (Å²) in [5.41, 5.74) is 3.63. The highest BCUT2D eigenvalue weighted by Gasteiger charge is 2.16. The fourth-order valence-corrected chi connectivity index (χ4v) is 3.25. The van der Waals surface area contributed by atoms with E-state index in [2.05, 4.69) is 26.3 Å². The van der Waals surface area contributed by atoms with E-state index in [0.29, 0.717) is 12.3 Å². The number of nitrogens with zero attached hydrogens (tertiary/aromatic N) is 4. The van der Waals surface area contributed by atoms with E-state index in [1.165, 1.54) is 30.3 Å². The first-order valence-corrected chi connectivity index (χ1v) is 8.18. The molecule has 0 radical (unpaired) electrons. The van der Waals surface area contributed by atoms with Gasteiger partial charge in [-0.05, 0) is 42.9 Å². The molecule has 0 saturated heterocycles. The molecule has 0 spiro atoms. The zero-order valence-corrected chi connectivity index (χ0v) is 13.3. The molecular formula is C18H19N5O. The Morgan fingerprint density at radius 1 is 1.17 bits per heavy atom. The molecule has 6 heteroatoms. The van der Waals surface area contributed by atoms with Gasteiger partial charge in [-0.3, -0.25) is 4.57 Å². The van der Waals surface area contributed by atoms with Crippen LogP contribution in [0.1, 0.15) is 29.5 Å². The van der Waals surface area contributed by atoms with Crippen LogP contribution < -0.4 is 5.32 Å². The van der Waals surface area contributed by atoms with Crippen LogP contribution in [-0.4, -0.2) is 24.6 Å². The number of phenols is 1. The maximum absolute atomic E-state index is 10.3. The van der Waals surface area contributed by atoms with Gasteiger partial charge in [-0.25, -0.2) is 15.0 Å². The molecule has 6 nitrogen and oxygen atoms in total. The van der Waals surface area contributed by atoms with Gasteiger partial charge in [0.15, 0.2) is 0 Å². The Kier molecular flexibility index (Phi) is 3.86. The van der Waals surface area contributed by atoms with Crippen molar-refractivity contribution in [1.29, 1.82) is 0 Å². The summed E-state index contributed by atoms with van der Waals surface area (Å²) in [4.78, 5) is 12.5. The quantitative estimate of drug-likeness (QED) is 0.773. The minimum absolute atomic E-state index is 0.354. The molecule has 0 unspecified atom stereocenters. The Morgan fingerprint density at radius 2 is 2.08 bits per heavy atom. The molecule has 2 heterocycles. The Labute approximate surface area is 140 Å². The highest BCUT2D eigenvalue weighted by Crippen LogP contribution is 2.31. The molecule has 1 aromatic carbocycles. The first-order chi connectivity index (χ1) is 11.8. The number of hydrogen-bond donors (Lipinski definition) is 2. The van der Waals surface area contributed by atoms with Gasteiger partial charge in [0.25, 0.3) is 0 Å². The number of anilines is 1. The Hall–Kier alpha value is -2.89. The highest BCUT2D eigenvalue weighted by atomic mass is 16.3. The lowest BCUT2D eigenvalue weighted by atomic mass is 9.88. The summed E-state index contributed by atoms with van der Waals surface area (Å²) >= 11 is 0. The van der Waals surface area contributed by atoms with Crippen LogP contribution in [0.2, 0.25) is 0 Å². The van der Waals surface area contributed by atoms with Gasteiger partial charge in [0.2, 0.25) is 0 Å². The topological polar surface area (TPSA) is 75.9 Å². The molecule has 0 aliphatic heterocycles. The second-order valence-corrected chi connectivity index (χ2v) is 5.99. The standard InChI is InChI=1S/C18H19N5O/c24-16-6-5-13-3-1-2-4-14(13)15(16)10-20-17-9-18(22-11-21-17)23-8-7-19-12-23/h5-9,11-12,24H,1-4,10H2,(H,20,21,22). The third kappa shape index (κ3) is 2.82. The Bertz CT molecular complexity index is 845. The first-order valence-electron chi connectivity index (χ1n) is 8.18. The SMILES string of the molecule is Oc1ccc2c(c1CNc1cc(-n3ccnc3)ncn1)CCCC2. The van der Waals surface area contributed by atoms with Gasteiger partial charge < -0.3 is 10.4 Å². The van der Waals surface area contributed by atoms with Crippen molar-refractivity contribution in [2.24, 2.45) is 0 Å². The average Bonchev–Trinajstić information content (AvgIpc) is 3.16. The predicted octanol–water partition coefficient (Wildman–Crippen LogP) is 2.86. The largest absolute Gasteiger partial charge is 0.508 e. The lowest BCUT2D eigenvalue weighted by molar-refractivity contribution is 0.466. The summed E-state index contributed by atoms with van der Waals surface area (Å²) < 4.78 is 1.83. The summed E-state index contributed by atoms with van der Waals surface area (Å²) in [6, 6.07) is 5.72. The van der Waals surface area contributed by atoms with Gasteiger partial charge in [0.1, 0.15) is 30.0 Å². The molecule has 2 aromatic heterocycles. The number of benzene rings is 1. The first kappa shape index (κ1) is 14.7. The minimum atomic E-state index is 0.354. The zero-order valence-electron chi connectivity index (χ0n) is 13.3. The van der Waals surface area contributed by atoms with E-state index in [9.17, 15) is 5.11 Å². The molecule has 0 saturated carbocycles. The Balaban J connectivity index is 1.57. The van der Waals surface area contributed by atoms with Crippen LogP contribution in [-0.2, 0) is 19.4 Å². The molecule has 24 heavy (non-hydrogen) atoms. The molecular weight excluding hydrogens is 302 g/mol. The van der Waals surface area contributed by atoms with Crippen molar-refractivity contribution in [3.05, 3.63) is 59.9 Å². The van der Waals surface area contributed by atoms with Crippen molar-refractivity contribution in [2.45, 2.75) is 32.2 Å². The van der Waals surface area contributed by atoms with Gasteiger partial charge >= 0.3 is 0 Å². The summed E-state index contributed by atoms with van der Waals surface area (Å²) in [7, 11) is 0. The highest BCUT2D eigenvalue weighted by molar-refractivity contribution is 5.48. The van der Waals surface area contributed by atoms with E-state index >= 15 is 0 Å². The molecule has 2 N–H and O–H groups in total. The minimum Gasteiger partial charge on any atom is -0.508 e. The summed E-state index contributed by atoms with van der Waals surface area (Å²) in [6.45, 7) is 0.551. The molecule has 0 bridgehead atoms. The van der Waals surface area contributed by atoms with E-state index in [-0.39, 0.29) is 0 Å². The predicted molar refractivity (Wildman–Crippen MR) is 91.2 cm³/mol. The van der Waals surface area contributed by atoms with Gasteiger partial charge in [-0.2, -0.15) is 0 Å². The van der Waals surface area contributed by atoms with Crippen LogP contribution in [0.25, 0.3) is 5.82 Å². The smallest absolute Gasteiger partial charge is 0.143 e. The van der Waals surface area contributed by atoms with Crippen LogP contribution in [0, 0.1) is 0 Å². The maximum Gasteiger partial charge on any atom is 0.143 e. The van der Waals surface area contributed by atoms with Crippen molar-refractivity contribution in [3.8, 4) is 11.6 Å². The second-order valence-electron chi connectivity index (χ2n) is 5.99. The van der Waals surface area contributed by atoms with Gasteiger partial charge in [0, 0.05) is 30.6 Å². The number of nitrogens with one attached hydrogen (secondary N) is 1. The normalized spacial score (nSPS) is 13.5. The molecule has 0 amide bonds. The molecule has 1 aliphatic carbocycles. The fourth-order valence-electron chi connectivity index (χ4n) is 3.25. The number of rotatable bonds is 4. The van der Waals surface area contributed by atoms with Crippen molar-refractivity contribution in [1.82, 2.24) is 19.5 Å². The number of hydrogen-bond acceptors (Lipinski definition) is 5. The molecule has 122 valence electrons. The maximum atomic E-state index is 10.3. The van der Waals surface area contributed by atoms with E-state index in [0.717, 1.165) is 30.0 Å². The van der Waals surface area contributed by atoms with Crippen molar-refractivity contribution in [3.63, 3.8) is 0 Å². The second kappa shape index (κ2) is 6.31. The monoisotopic (exact) mass is 321 g/mol. The molecule has 3 aromatic rings. The van der Waals surface area contributed by atoms with Crippen LogP contribution >= 0.6 is 0 Å². The van der Waals surface area contributed by atoms with Gasteiger partial charge in [-0.1, -0.05) is 6.07 Å². The number of fused-ring (bicyclic) bond motifs is 1. The lowest BCUT2D eigenvalue weighted by Gasteiger charge is -2.20. The van der Waals surface area contributed by atoms with E-state index in [4.69, 9.17) is 0 Å². The third-order valence-corrected chi connectivity index (χ3v) is 4.49. The molecule has 1 aliphatic rings. The van der Waals surface area contributed by atoms with Crippen molar-refractivity contribution < 1.29 is 5.11 Å². The number of phenolic OH excluding ortho intramolecular Hbond substituents is 1. The molecule has 0 atom stereocenters. The summed E-state index contributed by atoms with van der Waals surface area (Å²) in [5, 5.41) is 13.6. The molecule has 0 fully saturated rings. The Morgan fingerprint density at radius 3 is 2.96 bits per heavy atom. The van der Waals surface area contributed by atoms with Crippen LogP contribution in [0.4, 0.5) is 5.82 Å². The van der Waals surface area contributed by atoms with E-state index in [1.54, 1.807) is 18.6 Å².